The monoisotopic (exact) mass is 324 g/mol. The molecule has 0 amide bonds. The third-order valence-corrected chi connectivity index (χ3v) is 3.48. The lowest BCUT2D eigenvalue weighted by Gasteiger charge is -2.10. The fraction of sp³-hybridized carbons (Fsp3) is 0.176. The predicted molar refractivity (Wildman–Crippen MR) is 92.1 cm³/mol. The molecule has 0 aliphatic heterocycles. The number of hydrogen-bond acceptors (Lipinski definition) is 6. The van der Waals surface area contributed by atoms with Crippen LogP contribution in [-0.2, 0) is 0 Å². The highest BCUT2D eigenvalue weighted by atomic mass is 16.6. The molecule has 0 radical (unpaired) electrons. The van der Waals surface area contributed by atoms with Crippen molar-refractivity contribution in [2.75, 3.05) is 5.32 Å². The van der Waals surface area contributed by atoms with Gasteiger partial charge in [-0.3, -0.25) is 10.1 Å². The van der Waals surface area contributed by atoms with E-state index in [0.717, 1.165) is 5.39 Å². The Morgan fingerprint density at radius 1 is 1.25 bits per heavy atom. The molecule has 0 fully saturated rings. The van der Waals surface area contributed by atoms with Crippen LogP contribution in [0.15, 0.2) is 42.6 Å². The van der Waals surface area contributed by atoms with Gasteiger partial charge in [0.15, 0.2) is 0 Å². The maximum Gasteiger partial charge on any atom is 0.270 e. The maximum atomic E-state index is 10.9. The van der Waals surface area contributed by atoms with Gasteiger partial charge in [0.25, 0.3) is 5.69 Å². The first-order chi connectivity index (χ1) is 11.4. The molecule has 2 aromatic carbocycles. The summed E-state index contributed by atoms with van der Waals surface area (Å²) in [5, 5.41) is 25.1. The number of aromatic nitrogens is 2. The van der Waals surface area contributed by atoms with Crippen LogP contribution in [0.25, 0.3) is 22.0 Å². The number of anilines is 1. The SMILES string of the molecule is CC(C)Nc1ncc2cc(-c3cccc([N+](=O)[O-])c3)c(O)cc2n1. The number of rotatable bonds is 4. The van der Waals surface area contributed by atoms with Gasteiger partial charge in [-0.25, -0.2) is 9.97 Å². The van der Waals surface area contributed by atoms with Crippen molar-refractivity contribution in [2.24, 2.45) is 0 Å². The first kappa shape index (κ1) is 15.7. The van der Waals surface area contributed by atoms with Gasteiger partial charge in [0.1, 0.15) is 5.75 Å². The average molecular weight is 324 g/mol. The van der Waals surface area contributed by atoms with E-state index in [-0.39, 0.29) is 17.5 Å². The maximum absolute atomic E-state index is 10.9. The Balaban J connectivity index is 2.08. The number of nitro benzene ring substituents is 1. The first-order valence-corrected chi connectivity index (χ1v) is 7.45. The number of phenols is 1. The largest absolute Gasteiger partial charge is 0.507 e. The van der Waals surface area contributed by atoms with Crippen molar-refractivity contribution in [1.82, 2.24) is 9.97 Å². The molecule has 1 aromatic heterocycles. The summed E-state index contributed by atoms with van der Waals surface area (Å²) in [6.07, 6.45) is 1.66. The molecule has 3 aromatic rings. The molecule has 0 spiro atoms. The number of nitrogens with zero attached hydrogens (tertiary/aromatic N) is 3. The Hall–Kier alpha value is -3.22. The number of non-ortho nitro benzene ring substituents is 1. The Morgan fingerprint density at radius 2 is 2.04 bits per heavy atom. The van der Waals surface area contributed by atoms with Gasteiger partial charge in [-0.15, -0.1) is 0 Å². The number of nitrogens with one attached hydrogen (secondary N) is 1. The third kappa shape index (κ3) is 3.10. The van der Waals surface area contributed by atoms with E-state index in [1.807, 2.05) is 13.8 Å². The van der Waals surface area contributed by atoms with Gasteiger partial charge < -0.3 is 10.4 Å². The zero-order valence-corrected chi connectivity index (χ0v) is 13.2. The minimum atomic E-state index is -0.464. The lowest BCUT2D eigenvalue weighted by Crippen LogP contribution is -2.12. The van der Waals surface area contributed by atoms with Gasteiger partial charge in [0, 0.05) is 41.4 Å². The van der Waals surface area contributed by atoms with Crippen LogP contribution in [0.4, 0.5) is 11.6 Å². The molecule has 0 atom stereocenters. The zero-order valence-electron chi connectivity index (χ0n) is 13.2. The fourth-order valence-corrected chi connectivity index (χ4v) is 2.41. The Morgan fingerprint density at radius 3 is 2.75 bits per heavy atom. The highest BCUT2D eigenvalue weighted by Gasteiger charge is 2.12. The predicted octanol–water partition coefficient (Wildman–Crippen LogP) is 3.73. The van der Waals surface area contributed by atoms with E-state index in [9.17, 15) is 15.2 Å². The van der Waals surface area contributed by atoms with E-state index in [4.69, 9.17) is 0 Å². The second kappa shape index (κ2) is 6.11. The average Bonchev–Trinajstić information content (AvgIpc) is 2.53. The number of aromatic hydroxyl groups is 1. The molecule has 0 saturated carbocycles. The van der Waals surface area contributed by atoms with E-state index in [0.29, 0.717) is 22.6 Å². The molecule has 1 heterocycles. The smallest absolute Gasteiger partial charge is 0.270 e. The van der Waals surface area contributed by atoms with Crippen LogP contribution in [0.3, 0.4) is 0 Å². The summed E-state index contributed by atoms with van der Waals surface area (Å²) in [5.41, 5.74) is 1.63. The molecule has 7 heteroatoms. The van der Waals surface area contributed by atoms with E-state index >= 15 is 0 Å². The molecule has 2 N–H and O–H groups in total. The lowest BCUT2D eigenvalue weighted by molar-refractivity contribution is -0.384. The van der Waals surface area contributed by atoms with Gasteiger partial charge in [0.2, 0.25) is 5.95 Å². The second-order valence-electron chi connectivity index (χ2n) is 5.73. The molecule has 0 aliphatic rings. The van der Waals surface area contributed by atoms with Crippen molar-refractivity contribution in [3.8, 4) is 16.9 Å². The minimum Gasteiger partial charge on any atom is -0.507 e. The summed E-state index contributed by atoms with van der Waals surface area (Å²) in [4.78, 5) is 19.1. The molecule has 3 rings (SSSR count). The normalized spacial score (nSPS) is 11.0. The van der Waals surface area contributed by atoms with Crippen LogP contribution in [0.5, 0.6) is 5.75 Å². The Kier molecular flexibility index (Phi) is 3.99. The Bertz CT molecular complexity index is 925. The summed E-state index contributed by atoms with van der Waals surface area (Å²) in [5.74, 6) is 0.497. The number of benzene rings is 2. The van der Waals surface area contributed by atoms with E-state index in [1.165, 1.54) is 18.2 Å². The second-order valence-corrected chi connectivity index (χ2v) is 5.73. The van der Waals surface area contributed by atoms with Crippen molar-refractivity contribution in [2.45, 2.75) is 19.9 Å². The number of phenolic OH excluding ortho intramolecular Hbond substituents is 1. The summed E-state index contributed by atoms with van der Waals surface area (Å²) >= 11 is 0. The van der Waals surface area contributed by atoms with Crippen molar-refractivity contribution in [3.63, 3.8) is 0 Å². The van der Waals surface area contributed by atoms with Crippen LogP contribution in [0.1, 0.15) is 13.8 Å². The van der Waals surface area contributed by atoms with Crippen LogP contribution in [-0.4, -0.2) is 26.0 Å². The molecule has 0 unspecified atom stereocenters. The first-order valence-electron chi connectivity index (χ1n) is 7.45. The van der Waals surface area contributed by atoms with Gasteiger partial charge in [-0.05, 0) is 25.5 Å². The van der Waals surface area contributed by atoms with Crippen LogP contribution < -0.4 is 5.32 Å². The number of hydrogen-bond donors (Lipinski definition) is 2. The standard InChI is InChI=1S/C17H16N4O3/c1-10(2)19-17-18-9-12-7-14(16(22)8-15(12)20-17)11-4-3-5-13(6-11)21(23)24/h3-10,22H,1-2H3,(H,18,19,20). The van der Waals surface area contributed by atoms with E-state index in [1.54, 1.807) is 24.4 Å². The van der Waals surface area contributed by atoms with Crippen molar-refractivity contribution >= 4 is 22.5 Å². The molecule has 0 bridgehead atoms. The molecular formula is C17H16N4O3. The van der Waals surface area contributed by atoms with Crippen LogP contribution in [0, 0.1) is 10.1 Å². The highest BCUT2D eigenvalue weighted by molar-refractivity contribution is 5.88. The van der Waals surface area contributed by atoms with E-state index in [2.05, 4.69) is 15.3 Å². The van der Waals surface area contributed by atoms with E-state index < -0.39 is 4.92 Å². The Labute approximate surface area is 138 Å². The zero-order chi connectivity index (χ0) is 17.3. The van der Waals surface area contributed by atoms with Gasteiger partial charge in [-0.1, -0.05) is 12.1 Å². The van der Waals surface area contributed by atoms with Gasteiger partial charge >= 0.3 is 0 Å². The molecule has 24 heavy (non-hydrogen) atoms. The topological polar surface area (TPSA) is 101 Å². The summed E-state index contributed by atoms with van der Waals surface area (Å²) in [7, 11) is 0. The summed E-state index contributed by atoms with van der Waals surface area (Å²) < 4.78 is 0. The highest BCUT2D eigenvalue weighted by Crippen LogP contribution is 2.34. The minimum absolute atomic E-state index is 0.0113. The van der Waals surface area contributed by atoms with Crippen molar-refractivity contribution < 1.29 is 10.0 Å². The van der Waals surface area contributed by atoms with Gasteiger partial charge in [0.05, 0.1) is 10.4 Å². The number of fused-ring (bicyclic) bond motifs is 1. The third-order valence-electron chi connectivity index (χ3n) is 3.48. The molecule has 0 aliphatic carbocycles. The quantitative estimate of drug-likeness (QED) is 0.560. The molecule has 7 nitrogen and oxygen atoms in total. The van der Waals surface area contributed by atoms with Crippen LogP contribution in [0.2, 0.25) is 0 Å². The van der Waals surface area contributed by atoms with Crippen LogP contribution >= 0.6 is 0 Å². The summed E-state index contributed by atoms with van der Waals surface area (Å²) in [6.45, 7) is 3.97. The van der Waals surface area contributed by atoms with Crippen molar-refractivity contribution in [3.05, 3.63) is 52.7 Å². The van der Waals surface area contributed by atoms with Gasteiger partial charge in [-0.2, -0.15) is 0 Å². The van der Waals surface area contributed by atoms with Crippen molar-refractivity contribution in [1.29, 1.82) is 0 Å². The fourth-order valence-electron chi connectivity index (χ4n) is 2.41. The summed E-state index contributed by atoms with van der Waals surface area (Å²) in [6, 6.07) is 9.59. The molecule has 0 saturated heterocycles. The number of nitro groups is 1. The lowest BCUT2D eigenvalue weighted by atomic mass is 10.0. The molecule has 122 valence electrons. The molecular weight excluding hydrogens is 308 g/mol.